The van der Waals surface area contributed by atoms with E-state index in [9.17, 15) is 18.8 Å². The molecule has 0 aliphatic carbocycles. The van der Waals surface area contributed by atoms with Crippen molar-refractivity contribution in [3.63, 3.8) is 0 Å². The lowest BCUT2D eigenvalue weighted by Gasteiger charge is -2.31. The van der Waals surface area contributed by atoms with Crippen LogP contribution in [-0.2, 0) is 16.0 Å². The standard InChI is InChI=1S/C24H29FN4O3/c25-21-9-5-4-6-18(21)10-14-26-23(31)19-12-16-29(17-13-19)22(30)11-15-27-24(32)28-20-7-2-1-3-8-20/h1-9,19H,10-17H2,(H,26,31)(H2,27,28,32). The van der Waals surface area contributed by atoms with E-state index in [2.05, 4.69) is 16.0 Å². The van der Waals surface area contributed by atoms with Crippen molar-refractivity contribution >= 4 is 23.5 Å². The number of rotatable bonds is 8. The molecule has 8 heteroatoms. The molecule has 0 aromatic heterocycles. The third kappa shape index (κ3) is 7.08. The highest BCUT2D eigenvalue weighted by Crippen LogP contribution is 2.18. The summed E-state index contributed by atoms with van der Waals surface area (Å²) >= 11 is 0. The Morgan fingerprint density at radius 2 is 1.59 bits per heavy atom. The van der Waals surface area contributed by atoms with Gasteiger partial charge in [-0.3, -0.25) is 9.59 Å². The number of anilines is 1. The Hall–Kier alpha value is -3.42. The summed E-state index contributed by atoms with van der Waals surface area (Å²) in [5.74, 6) is -0.494. The summed E-state index contributed by atoms with van der Waals surface area (Å²) < 4.78 is 13.6. The maximum atomic E-state index is 13.6. The fraction of sp³-hybridized carbons (Fsp3) is 0.375. The number of para-hydroxylation sites is 1. The molecule has 0 atom stereocenters. The van der Waals surface area contributed by atoms with E-state index >= 15 is 0 Å². The van der Waals surface area contributed by atoms with Crippen LogP contribution >= 0.6 is 0 Å². The zero-order valence-electron chi connectivity index (χ0n) is 18.0. The van der Waals surface area contributed by atoms with Gasteiger partial charge in [-0.15, -0.1) is 0 Å². The summed E-state index contributed by atoms with van der Waals surface area (Å²) in [6.07, 6.45) is 1.85. The summed E-state index contributed by atoms with van der Waals surface area (Å²) in [7, 11) is 0. The van der Waals surface area contributed by atoms with Crippen LogP contribution in [0.3, 0.4) is 0 Å². The third-order valence-corrected chi connectivity index (χ3v) is 5.53. The van der Waals surface area contributed by atoms with Gasteiger partial charge in [-0.2, -0.15) is 0 Å². The molecule has 2 aromatic rings. The zero-order chi connectivity index (χ0) is 22.8. The highest BCUT2D eigenvalue weighted by Gasteiger charge is 2.27. The van der Waals surface area contributed by atoms with Gasteiger partial charge in [0.1, 0.15) is 5.82 Å². The fourth-order valence-corrected chi connectivity index (χ4v) is 3.69. The third-order valence-electron chi connectivity index (χ3n) is 5.53. The van der Waals surface area contributed by atoms with E-state index in [-0.39, 0.29) is 42.5 Å². The molecule has 1 aliphatic heterocycles. The molecule has 1 saturated heterocycles. The molecular formula is C24H29FN4O3. The van der Waals surface area contributed by atoms with Crippen LogP contribution in [0, 0.1) is 11.7 Å². The summed E-state index contributed by atoms with van der Waals surface area (Å²) in [6.45, 7) is 1.66. The molecular weight excluding hydrogens is 411 g/mol. The minimum absolute atomic E-state index is 0.0385. The van der Waals surface area contributed by atoms with E-state index < -0.39 is 0 Å². The van der Waals surface area contributed by atoms with Gasteiger partial charge < -0.3 is 20.9 Å². The van der Waals surface area contributed by atoms with Gasteiger partial charge in [0.05, 0.1) is 0 Å². The zero-order valence-corrected chi connectivity index (χ0v) is 18.0. The number of carbonyl (C=O) groups excluding carboxylic acids is 3. The van der Waals surface area contributed by atoms with Crippen molar-refractivity contribution < 1.29 is 18.8 Å². The van der Waals surface area contributed by atoms with Crippen LogP contribution in [-0.4, -0.2) is 48.9 Å². The van der Waals surface area contributed by atoms with Gasteiger partial charge in [0.2, 0.25) is 11.8 Å². The SMILES string of the molecule is O=C(NCCC(=O)N1CCC(C(=O)NCCc2ccccc2F)CC1)Nc1ccccc1. The highest BCUT2D eigenvalue weighted by molar-refractivity contribution is 5.89. The Balaban J connectivity index is 1.30. The molecule has 2 aromatic carbocycles. The number of piperidine rings is 1. The summed E-state index contributed by atoms with van der Waals surface area (Å²) in [5.41, 5.74) is 1.27. The van der Waals surface area contributed by atoms with E-state index in [1.54, 1.807) is 35.2 Å². The van der Waals surface area contributed by atoms with Gasteiger partial charge in [-0.05, 0) is 43.0 Å². The number of halogens is 1. The summed E-state index contributed by atoms with van der Waals surface area (Å²) in [6, 6.07) is 15.3. The molecule has 3 rings (SSSR count). The van der Waals surface area contributed by atoms with Gasteiger partial charge >= 0.3 is 6.03 Å². The Kier molecular flexibility index (Phi) is 8.60. The first kappa shape index (κ1) is 23.2. The number of nitrogens with one attached hydrogen (secondary N) is 3. The van der Waals surface area contributed by atoms with Crippen molar-refractivity contribution in [3.8, 4) is 0 Å². The maximum Gasteiger partial charge on any atom is 0.319 e. The summed E-state index contributed by atoms with van der Waals surface area (Å²) in [4.78, 5) is 38.4. The second-order valence-corrected chi connectivity index (χ2v) is 7.78. The van der Waals surface area contributed by atoms with E-state index in [1.807, 2.05) is 18.2 Å². The first-order chi connectivity index (χ1) is 15.5. The molecule has 0 unspecified atom stereocenters. The van der Waals surface area contributed by atoms with Gasteiger partial charge in [-0.1, -0.05) is 36.4 Å². The van der Waals surface area contributed by atoms with Gasteiger partial charge in [0.25, 0.3) is 0 Å². The Bertz CT molecular complexity index is 914. The second kappa shape index (κ2) is 11.8. The molecule has 1 aliphatic rings. The number of benzene rings is 2. The first-order valence-electron chi connectivity index (χ1n) is 10.9. The minimum Gasteiger partial charge on any atom is -0.356 e. The topological polar surface area (TPSA) is 90.5 Å². The lowest BCUT2D eigenvalue weighted by Crippen LogP contribution is -2.44. The van der Waals surface area contributed by atoms with Gasteiger partial charge in [0.15, 0.2) is 0 Å². The van der Waals surface area contributed by atoms with E-state index in [0.29, 0.717) is 50.1 Å². The molecule has 1 heterocycles. The lowest BCUT2D eigenvalue weighted by atomic mass is 9.95. The van der Waals surface area contributed by atoms with Crippen LogP contribution < -0.4 is 16.0 Å². The fourth-order valence-electron chi connectivity index (χ4n) is 3.69. The number of likely N-dealkylation sites (tertiary alicyclic amines) is 1. The van der Waals surface area contributed by atoms with Crippen LogP contribution in [0.15, 0.2) is 54.6 Å². The lowest BCUT2D eigenvalue weighted by molar-refractivity contribution is -0.135. The van der Waals surface area contributed by atoms with E-state index in [4.69, 9.17) is 0 Å². The first-order valence-corrected chi connectivity index (χ1v) is 10.9. The summed E-state index contributed by atoms with van der Waals surface area (Å²) in [5, 5.41) is 8.26. The number of carbonyl (C=O) groups is 3. The molecule has 7 nitrogen and oxygen atoms in total. The quantitative estimate of drug-likeness (QED) is 0.590. The Morgan fingerprint density at radius 3 is 2.31 bits per heavy atom. The molecule has 0 saturated carbocycles. The van der Waals surface area contributed by atoms with Gasteiger partial charge in [0, 0.05) is 44.2 Å². The van der Waals surface area contributed by atoms with Crippen LogP contribution in [0.2, 0.25) is 0 Å². The smallest absolute Gasteiger partial charge is 0.319 e. The normalized spacial score (nSPS) is 14.0. The molecule has 1 fully saturated rings. The highest BCUT2D eigenvalue weighted by atomic mass is 19.1. The van der Waals surface area contributed by atoms with Crippen molar-refractivity contribution in [2.24, 2.45) is 5.92 Å². The van der Waals surface area contributed by atoms with Crippen molar-refractivity contribution in [1.29, 1.82) is 0 Å². The molecule has 0 radical (unpaired) electrons. The number of nitrogens with zero attached hydrogens (tertiary/aromatic N) is 1. The second-order valence-electron chi connectivity index (χ2n) is 7.78. The number of hydrogen-bond acceptors (Lipinski definition) is 3. The maximum absolute atomic E-state index is 13.6. The molecule has 0 spiro atoms. The van der Waals surface area contributed by atoms with Crippen molar-refractivity contribution in [3.05, 3.63) is 66.0 Å². The van der Waals surface area contributed by atoms with Crippen LogP contribution in [0.1, 0.15) is 24.8 Å². The number of hydrogen-bond donors (Lipinski definition) is 3. The average molecular weight is 441 g/mol. The molecule has 3 N–H and O–H groups in total. The number of urea groups is 1. The Labute approximate surface area is 187 Å². The van der Waals surface area contributed by atoms with E-state index in [0.717, 1.165) is 0 Å². The molecule has 170 valence electrons. The minimum atomic E-state index is -0.352. The molecule has 4 amide bonds. The van der Waals surface area contributed by atoms with Crippen molar-refractivity contribution in [1.82, 2.24) is 15.5 Å². The van der Waals surface area contributed by atoms with Crippen LogP contribution in [0.25, 0.3) is 0 Å². The largest absolute Gasteiger partial charge is 0.356 e. The molecule has 32 heavy (non-hydrogen) atoms. The van der Waals surface area contributed by atoms with Crippen LogP contribution in [0.5, 0.6) is 0 Å². The Morgan fingerprint density at radius 1 is 0.906 bits per heavy atom. The predicted molar refractivity (Wildman–Crippen MR) is 120 cm³/mol. The average Bonchev–Trinajstić information content (AvgIpc) is 2.81. The monoisotopic (exact) mass is 440 g/mol. The predicted octanol–water partition coefficient (Wildman–Crippen LogP) is 2.93. The van der Waals surface area contributed by atoms with E-state index in [1.165, 1.54) is 6.07 Å². The van der Waals surface area contributed by atoms with Crippen LogP contribution in [0.4, 0.5) is 14.9 Å². The van der Waals surface area contributed by atoms with Gasteiger partial charge in [-0.25, -0.2) is 9.18 Å². The van der Waals surface area contributed by atoms with Crippen molar-refractivity contribution in [2.45, 2.75) is 25.7 Å². The van der Waals surface area contributed by atoms with Crippen molar-refractivity contribution in [2.75, 3.05) is 31.5 Å². The number of amides is 4. The molecule has 0 bridgehead atoms.